The van der Waals surface area contributed by atoms with Crippen LogP contribution in [-0.2, 0) is 0 Å². The van der Waals surface area contributed by atoms with Crippen LogP contribution in [0.3, 0.4) is 0 Å². The van der Waals surface area contributed by atoms with Gasteiger partial charge in [0.15, 0.2) is 0 Å². The molecule has 0 aromatic heterocycles. The molecule has 0 saturated carbocycles. The monoisotopic (exact) mass is 405 g/mol. The molecule has 1 nitrogen and oxygen atoms in total. The third kappa shape index (κ3) is 2.26. The maximum atomic E-state index is 13.2. The van der Waals surface area contributed by atoms with Crippen molar-refractivity contribution in [3.8, 4) is 0 Å². The summed E-state index contributed by atoms with van der Waals surface area (Å²) in [6, 6.07) is 11.7. The number of fused-ring (bicyclic) bond motifs is 3. The molecule has 3 atom stereocenters. The van der Waals surface area contributed by atoms with Gasteiger partial charge in [0.05, 0.1) is 6.04 Å². The minimum absolute atomic E-state index is 0.174. The fraction of sp³-hybridized carbons (Fsp3) is 0.263. The molecule has 0 bridgehead atoms. The molecule has 22 heavy (non-hydrogen) atoms. The van der Waals surface area contributed by atoms with Gasteiger partial charge in [-0.2, -0.15) is 0 Å². The molecule has 0 unspecified atom stereocenters. The van der Waals surface area contributed by atoms with Gasteiger partial charge in [-0.25, -0.2) is 4.39 Å². The van der Waals surface area contributed by atoms with Crippen molar-refractivity contribution in [3.05, 3.63) is 74.6 Å². The average molecular weight is 405 g/mol. The van der Waals surface area contributed by atoms with E-state index in [2.05, 4.69) is 59.1 Å². The number of nitrogens with one attached hydrogen (secondary N) is 1. The Kier molecular flexibility index (Phi) is 3.48. The van der Waals surface area contributed by atoms with Gasteiger partial charge in [0.2, 0.25) is 0 Å². The van der Waals surface area contributed by atoms with E-state index in [1.54, 1.807) is 12.1 Å². The molecular weight excluding hydrogens is 388 g/mol. The molecular formula is C19H17FIN. The first-order chi connectivity index (χ1) is 10.6. The maximum absolute atomic E-state index is 13.2. The number of allylic oxidation sites excluding steroid dienone is 2. The van der Waals surface area contributed by atoms with E-state index < -0.39 is 0 Å². The molecule has 0 saturated heterocycles. The van der Waals surface area contributed by atoms with Crippen molar-refractivity contribution in [1.29, 1.82) is 0 Å². The van der Waals surface area contributed by atoms with Crippen LogP contribution in [0.25, 0.3) is 0 Å². The Morgan fingerprint density at radius 3 is 2.73 bits per heavy atom. The summed E-state index contributed by atoms with van der Waals surface area (Å²) < 4.78 is 14.5. The standard InChI is InChI=1S/C19H17FIN/c1-11-9-14(21)10-17-15-3-2-4-16(15)19(22-18(11)17)12-5-7-13(20)8-6-12/h2-3,5-10,15-16,19,22H,4H2,1H3/t15-,16+,19-/m0/s1. The van der Waals surface area contributed by atoms with Crippen LogP contribution in [0, 0.1) is 22.2 Å². The number of rotatable bonds is 1. The van der Waals surface area contributed by atoms with Crippen molar-refractivity contribution < 1.29 is 4.39 Å². The van der Waals surface area contributed by atoms with E-state index in [0.29, 0.717) is 11.8 Å². The van der Waals surface area contributed by atoms with E-state index in [-0.39, 0.29) is 11.9 Å². The average Bonchev–Trinajstić information content (AvgIpc) is 2.97. The lowest BCUT2D eigenvalue weighted by Gasteiger charge is -2.38. The molecule has 0 amide bonds. The molecule has 2 aliphatic rings. The van der Waals surface area contributed by atoms with Gasteiger partial charge in [-0.05, 0) is 82.8 Å². The van der Waals surface area contributed by atoms with Gasteiger partial charge in [-0.1, -0.05) is 24.3 Å². The summed E-state index contributed by atoms with van der Waals surface area (Å²) in [5.41, 5.74) is 5.11. The third-order valence-electron chi connectivity index (χ3n) is 4.86. The second kappa shape index (κ2) is 5.37. The molecule has 0 radical (unpaired) electrons. The van der Waals surface area contributed by atoms with Crippen LogP contribution in [0.2, 0.25) is 0 Å². The van der Waals surface area contributed by atoms with Crippen LogP contribution in [0.15, 0.2) is 48.6 Å². The molecule has 4 rings (SSSR count). The molecule has 2 aromatic carbocycles. The van der Waals surface area contributed by atoms with Crippen LogP contribution in [-0.4, -0.2) is 0 Å². The van der Waals surface area contributed by atoms with Gasteiger partial charge in [0.1, 0.15) is 5.82 Å². The van der Waals surface area contributed by atoms with Crippen LogP contribution in [0.1, 0.15) is 35.1 Å². The van der Waals surface area contributed by atoms with E-state index >= 15 is 0 Å². The Hall–Kier alpha value is -1.36. The number of aryl methyl sites for hydroxylation is 1. The number of benzene rings is 2. The molecule has 1 N–H and O–H groups in total. The highest BCUT2D eigenvalue weighted by atomic mass is 127. The van der Waals surface area contributed by atoms with E-state index in [1.165, 1.54) is 25.9 Å². The minimum atomic E-state index is -0.174. The lowest BCUT2D eigenvalue weighted by atomic mass is 9.76. The fourth-order valence-corrected chi connectivity index (χ4v) is 4.64. The maximum Gasteiger partial charge on any atom is 0.123 e. The molecule has 2 aromatic rings. The Morgan fingerprint density at radius 1 is 1.18 bits per heavy atom. The van der Waals surface area contributed by atoms with Gasteiger partial charge in [-0.15, -0.1) is 0 Å². The molecule has 0 fully saturated rings. The number of hydrogen-bond donors (Lipinski definition) is 1. The third-order valence-corrected chi connectivity index (χ3v) is 5.48. The second-order valence-electron chi connectivity index (χ2n) is 6.21. The largest absolute Gasteiger partial charge is 0.377 e. The zero-order valence-corrected chi connectivity index (χ0v) is 14.5. The molecule has 3 heteroatoms. The van der Waals surface area contributed by atoms with Crippen molar-refractivity contribution in [2.24, 2.45) is 5.92 Å². The smallest absolute Gasteiger partial charge is 0.123 e. The number of hydrogen-bond acceptors (Lipinski definition) is 1. The van der Waals surface area contributed by atoms with E-state index in [0.717, 1.165) is 6.42 Å². The first-order valence-corrected chi connectivity index (χ1v) is 8.70. The zero-order valence-electron chi connectivity index (χ0n) is 12.3. The SMILES string of the molecule is Cc1cc(I)cc2c1N[C@@H](c1ccc(F)cc1)[C@@H]1CC=C[C@H]21. The van der Waals surface area contributed by atoms with E-state index in [9.17, 15) is 4.39 Å². The summed E-state index contributed by atoms with van der Waals surface area (Å²) in [6.45, 7) is 2.16. The van der Waals surface area contributed by atoms with Gasteiger partial charge >= 0.3 is 0 Å². The van der Waals surface area contributed by atoms with Crippen LogP contribution in [0.5, 0.6) is 0 Å². The van der Waals surface area contributed by atoms with E-state index in [4.69, 9.17) is 0 Å². The lowest BCUT2D eigenvalue weighted by Crippen LogP contribution is -2.29. The van der Waals surface area contributed by atoms with Crippen molar-refractivity contribution in [2.75, 3.05) is 5.32 Å². The van der Waals surface area contributed by atoms with Gasteiger partial charge in [-0.3, -0.25) is 0 Å². The highest BCUT2D eigenvalue weighted by Crippen LogP contribution is 2.50. The minimum Gasteiger partial charge on any atom is -0.377 e. The summed E-state index contributed by atoms with van der Waals surface area (Å²) in [5.74, 6) is 0.794. The molecule has 1 heterocycles. The summed E-state index contributed by atoms with van der Waals surface area (Å²) in [6.07, 6.45) is 5.71. The Morgan fingerprint density at radius 2 is 1.95 bits per heavy atom. The Labute approximate surface area is 143 Å². The van der Waals surface area contributed by atoms with Crippen molar-refractivity contribution in [2.45, 2.75) is 25.3 Å². The highest BCUT2D eigenvalue weighted by molar-refractivity contribution is 14.1. The molecule has 0 spiro atoms. The quantitative estimate of drug-likeness (QED) is 0.484. The van der Waals surface area contributed by atoms with Gasteiger partial charge < -0.3 is 5.32 Å². The Balaban J connectivity index is 1.82. The molecule has 1 aliphatic carbocycles. The summed E-state index contributed by atoms with van der Waals surface area (Å²) in [5, 5.41) is 3.73. The van der Waals surface area contributed by atoms with Crippen LogP contribution >= 0.6 is 22.6 Å². The van der Waals surface area contributed by atoms with E-state index in [1.807, 2.05) is 12.1 Å². The number of halogens is 2. The first kappa shape index (κ1) is 14.2. The normalized spacial score (nSPS) is 25.5. The van der Waals surface area contributed by atoms with Crippen LogP contribution < -0.4 is 5.32 Å². The summed E-state index contributed by atoms with van der Waals surface area (Å²) in [7, 11) is 0. The van der Waals surface area contributed by atoms with Gasteiger partial charge in [0, 0.05) is 15.2 Å². The molecule has 1 aliphatic heterocycles. The van der Waals surface area contributed by atoms with Crippen LogP contribution in [0.4, 0.5) is 10.1 Å². The topological polar surface area (TPSA) is 12.0 Å². The number of anilines is 1. The summed E-state index contributed by atoms with van der Waals surface area (Å²) >= 11 is 2.39. The zero-order chi connectivity index (χ0) is 15.3. The summed E-state index contributed by atoms with van der Waals surface area (Å²) in [4.78, 5) is 0. The second-order valence-corrected chi connectivity index (χ2v) is 7.46. The lowest BCUT2D eigenvalue weighted by molar-refractivity contribution is 0.424. The Bertz CT molecular complexity index is 751. The van der Waals surface area contributed by atoms with Crippen molar-refractivity contribution in [1.82, 2.24) is 0 Å². The van der Waals surface area contributed by atoms with Crippen molar-refractivity contribution >= 4 is 28.3 Å². The fourth-order valence-electron chi connectivity index (χ4n) is 3.84. The van der Waals surface area contributed by atoms with Gasteiger partial charge in [0.25, 0.3) is 0 Å². The highest BCUT2D eigenvalue weighted by Gasteiger charge is 2.38. The predicted octanol–water partition coefficient (Wildman–Crippen LogP) is 5.57. The first-order valence-electron chi connectivity index (χ1n) is 7.62. The predicted molar refractivity (Wildman–Crippen MR) is 96.6 cm³/mol. The molecule has 112 valence electrons. The van der Waals surface area contributed by atoms with Crippen molar-refractivity contribution in [3.63, 3.8) is 0 Å².